The number of anilines is 1. The molecule has 3 aromatic rings. The van der Waals surface area contributed by atoms with E-state index in [4.69, 9.17) is 4.74 Å². The molecule has 31 heavy (non-hydrogen) atoms. The minimum absolute atomic E-state index is 0.0384. The van der Waals surface area contributed by atoms with Gasteiger partial charge in [0.15, 0.2) is 0 Å². The molecule has 3 aromatic carbocycles. The van der Waals surface area contributed by atoms with Gasteiger partial charge in [-0.2, -0.15) is 0 Å². The predicted molar refractivity (Wildman–Crippen MR) is 127 cm³/mol. The highest BCUT2D eigenvalue weighted by atomic mass is 79.9. The lowest BCUT2D eigenvalue weighted by Crippen LogP contribution is -2.30. The zero-order valence-corrected chi connectivity index (χ0v) is 19.1. The summed E-state index contributed by atoms with van der Waals surface area (Å²) in [4.78, 5) is 24.8. The molecule has 6 heteroatoms. The second-order valence-corrected chi connectivity index (χ2v) is 8.25. The quantitative estimate of drug-likeness (QED) is 0.449. The van der Waals surface area contributed by atoms with Gasteiger partial charge in [0, 0.05) is 29.3 Å². The van der Waals surface area contributed by atoms with Crippen molar-refractivity contribution in [1.82, 2.24) is 5.32 Å². The molecular weight excluding hydrogens is 456 g/mol. The van der Waals surface area contributed by atoms with Crippen LogP contribution in [0.1, 0.15) is 40.1 Å². The molecular formula is C25H25BrN2O3. The molecule has 0 aliphatic heterocycles. The van der Waals surface area contributed by atoms with Gasteiger partial charge in [-0.05, 0) is 71.7 Å². The number of carbonyl (C=O) groups excluding carboxylic acids is 2. The Morgan fingerprint density at radius 1 is 0.903 bits per heavy atom. The molecule has 0 aliphatic rings. The van der Waals surface area contributed by atoms with Crippen LogP contribution in [0.3, 0.4) is 0 Å². The van der Waals surface area contributed by atoms with E-state index in [1.165, 1.54) is 5.56 Å². The molecule has 0 radical (unpaired) electrons. The van der Waals surface area contributed by atoms with E-state index in [9.17, 15) is 9.59 Å². The van der Waals surface area contributed by atoms with E-state index in [0.29, 0.717) is 33.6 Å². The Balaban J connectivity index is 1.61. The number of nitrogens with one attached hydrogen (secondary N) is 2. The first-order valence-corrected chi connectivity index (χ1v) is 10.9. The zero-order chi connectivity index (χ0) is 22.2. The molecule has 0 saturated carbocycles. The maximum absolute atomic E-state index is 12.7. The lowest BCUT2D eigenvalue weighted by Gasteiger charge is -2.12. The van der Waals surface area contributed by atoms with Crippen LogP contribution in [0.2, 0.25) is 0 Å². The number of hydrogen-bond donors (Lipinski definition) is 2. The molecule has 0 bridgehead atoms. The van der Waals surface area contributed by atoms with E-state index < -0.39 is 0 Å². The van der Waals surface area contributed by atoms with Gasteiger partial charge < -0.3 is 15.4 Å². The molecule has 0 heterocycles. The molecule has 0 atom stereocenters. The van der Waals surface area contributed by atoms with Crippen LogP contribution >= 0.6 is 15.9 Å². The molecule has 0 aliphatic carbocycles. The van der Waals surface area contributed by atoms with Crippen molar-refractivity contribution < 1.29 is 14.3 Å². The van der Waals surface area contributed by atoms with E-state index in [2.05, 4.69) is 38.7 Å². The summed E-state index contributed by atoms with van der Waals surface area (Å²) in [5, 5.41) is 5.68. The van der Waals surface area contributed by atoms with Crippen LogP contribution in [-0.2, 0) is 6.42 Å². The first-order valence-electron chi connectivity index (χ1n) is 10.1. The monoisotopic (exact) mass is 480 g/mol. The van der Waals surface area contributed by atoms with Crippen LogP contribution in [0.25, 0.3) is 0 Å². The number of benzene rings is 3. The molecule has 5 nitrogen and oxygen atoms in total. The Morgan fingerprint density at radius 2 is 1.65 bits per heavy atom. The van der Waals surface area contributed by atoms with Crippen molar-refractivity contribution in [2.75, 3.05) is 11.9 Å². The lowest BCUT2D eigenvalue weighted by atomic mass is 10.1. The Labute approximate surface area is 191 Å². The van der Waals surface area contributed by atoms with E-state index in [-0.39, 0.29) is 17.9 Å². The number of halogens is 1. The number of rotatable bonds is 8. The summed E-state index contributed by atoms with van der Waals surface area (Å²) in [6, 6.07) is 22.2. The summed E-state index contributed by atoms with van der Waals surface area (Å²) < 4.78 is 6.55. The Hall–Kier alpha value is -3.12. The standard InChI is InChI=1S/C25H25BrN2O3/c1-17(2)27-24(29)19-9-6-10-21(15-19)28-25(30)20-11-12-23(22(26)16-20)31-14-13-18-7-4-3-5-8-18/h3-12,15-17H,13-14H2,1-2H3,(H,27,29)(H,28,30). The molecule has 3 rings (SSSR count). The fourth-order valence-corrected chi connectivity index (χ4v) is 3.46. The number of amides is 2. The molecule has 0 spiro atoms. The van der Waals surface area contributed by atoms with Gasteiger partial charge in [0.05, 0.1) is 11.1 Å². The van der Waals surface area contributed by atoms with E-state index in [0.717, 1.165) is 6.42 Å². The van der Waals surface area contributed by atoms with Crippen molar-refractivity contribution in [3.05, 3.63) is 94.0 Å². The van der Waals surface area contributed by atoms with Crippen LogP contribution < -0.4 is 15.4 Å². The van der Waals surface area contributed by atoms with Gasteiger partial charge in [-0.25, -0.2) is 0 Å². The Bertz CT molecular complexity index is 1050. The average molecular weight is 481 g/mol. The van der Waals surface area contributed by atoms with Crippen LogP contribution in [0.5, 0.6) is 5.75 Å². The van der Waals surface area contributed by atoms with Gasteiger partial charge in [0.2, 0.25) is 0 Å². The second-order valence-electron chi connectivity index (χ2n) is 7.39. The highest BCUT2D eigenvalue weighted by Gasteiger charge is 2.12. The largest absolute Gasteiger partial charge is 0.492 e. The Kier molecular flexibility index (Phi) is 7.84. The van der Waals surface area contributed by atoms with Crippen LogP contribution in [0.15, 0.2) is 77.3 Å². The topological polar surface area (TPSA) is 67.4 Å². The first-order chi connectivity index (χ1) is 14.9. The third-order valence-electron chi connectivity index (χ3n) is 4.49. The highest BCUT2D eigenvalue weighted by Crippen LogP contribution is 2.26. The summed E-state index contributed by atoms with van der Waals surface area (Å²) in [5.74, 6) is 0.239. The first kappa shape index (κ1) is 22.6. The summed E-state index contributed by atoms with van der Waals surface area (Å²) in [7, 11) is 0. The lowest BCUT2D eigenvalue weighted by molar-refractivity contribution is 0.0941. The van der Waals surface area contributed by atoms with Crippen LogP contribution in [-0.4, -0.2) is 24.5 Å². The van der Waals surface area contributed by atoms with Crippen molar-refractivity contribution in [2.24, 2.45) is 0 Å². The molecule has 2 amide bonds. The van der Waals surface area contributed by atoms with Gasteiger partial charge in [-0.15, -0.1) is 0 Å². The SMILES string of the molecule is CC(C)NC(=O)c1cccc(NC(=O)c2ccc(OCCc3ccccc3)c(Br)c2)c1. The minimum atomic E-state index is -0.266. The van der Waals surface area contributed by atoms with Crippen molar-refractivity contribution in [1.29, 1.82) is 0 Å². The molecule has 2 N–H and O–H groups in total. The van der Waals surface area contributed by atoms with Gasteiger partial charge in [-0.1, -0.05) is 36.4 Å². The summed E-state index contributed by atoms with van der Waals surface area (Å²) in [6.07, 6.45) is 0.802. The fourth-order valence-electron chi connectivity index (χ4n) is 2.97. The number of carbonyl (C=O) groups is 2. The maximum Gasteiger partial charge on any atom is 0.255 e. The summed E-state index contributed by atoms with van der Waals surface area (Å²) in [5.41, 5.74) is 2.74. The van der Waals surface area contributed by atoms with Crippen LogP contribution in [0.4, 0.5) is 5.69 Å². The minimum Gasteiger partial charge on any atom is -0.492 e. The predicted octanol–water partition coefficient (Wildman–Crippen LogP) is 5.46. The third kappa shape index (κ3) is 6.69. The van der Waals surface area contributed by atoms with E-state index in [1.54, 1.807) is 42.5 Å². The molecule has 160 valence electrons. The molecule has 0 aromatic heterocycles. The smallest absolute Gasteiger partial charge is 0.255 e. The van der Waals surface area contributed by atoms with Crippen LogP contribution in [0, 0.1) is 0 Å². The number of ether oxygens (including phenoxy) is 1. The summed E-state index contributed by atoms with van der Waals surface area (Å²) in [6.45, 7) is 4.34. The van der Waals surface area contributed by atoms with Crippen molar-refractivity contribution >= 4 is 33.4 Å². The van der Waals surface area contributed by atoms with Crippen molar-refractivity contribution in [3.8, 4) is 5.75 Å². The van der Waals surface area contributed by atoms with Gasteiger partial charge >= 0.3 is 0 Å². The second kappa shape index (κ2) is 10.8. The van der Waals surface area contributed by atoms with Crippen molar-refractivity contribution in [2.45, 2.75) is 26.3 Å². The van der Waals surface area contributed by atoms with Gasteiger partial charge in [-0.3, -0.25) is 9.59 Å². The van der Waals surface area contributed by atoms with Gasteiger partial charge in [0.25, 0.3) is 11.8 Å². The maximum atomic E-state index is 12.7. The molecule has 0 saturated heterocycles. The van der Waals surface area contributed by atoms with E-state index >= 15 is 0 Å². The normalized spacial score (nSPS) is 10.6. The molecule has 0 unspecified atom stereocenters. The fraction of sp³-hybridized carbons (Fsp3) is 0.200. The highest BCUT2D eigenvalue weighted by molar-refractivity contribution is 9.10. The zero-order valence-electron chi connectivity index (χ0n) is 17.5. The average Bonchev–Trinajstić information content (AvgIpc) is 2.75. The third-order valence-corrected chi connectivity index (χ3v) is 5.11. The van der Waals surface area contributed by atoms with Gasteiger partial charge in [0.1, 0.15) is 5.75 Å². The molecule has 0 fully saturated rings. The number of hydrogen-bond acceptors (Lipinski definition) is 3. The van der Waals surface area contributed by atoms with Crippen molar-refractivity contribution in [3.63, 3.8) is 0 Å². The Morgan fingerprint density at radius 3 is 2.35 bits per heavy atom. The summed E-state index contributed by atoms with van der Waals surface area (Å²) >= 11 is 3.48. The van der Waals surface area contributed by atoms with E-state index in [1.807, 2.05) is 32.0 Å².